The van der Waals surface area contributed by atoms with Crippen molar-refractivity contribution >= 4 is 165 Å². The average Bonchev–Trinajstić information content (AvgIpc) is 1.80. The van der Waals surface area contributed by atoms with Gasteiger partial charge in [-0.25, -0.2) is 31.1 Å². The van der Waals surface area contributed by atoms with E-state index in [2.05, 4.69) is 55.8 Å². The van der Waals surface area contributed by atoms with Crippen LogP contribution in [0.2, 0.25) is 30.1 Å². The van der Waals surface area contributed by atoms with Gasteiger partial charge in [0.1, 0.15) is 75.2 Å². The Morgan fingerprint density at radius 2 is 0.776 bits per heavy atom. The summed E-state index contributed by atoms with van der Waals surface area (Å²) in [4.78, 5) is 57.1. The van der Waals surface area contributed by atoms with Crippen LogP contribution in [-0.4, -0.2) is 82.1 Å². The van der Waals surface area contributed by atoms with E-state index in [1.165, 1.54) is 94.0 Å². The van der Waals surface area contributed by atoms with Gasteiger partial charge in [-0.15, -0.1) is 12.4 Å². The fourth-order valence-corrected chi connectivity index (χ4v) is 12.5. The molecule has 0 aliphatic rings. The van der Waals surface area contributed by atoms with Gasteiger partial charge in [0.15, 0.2) is 17.1 Å². The molecular weight excluding hydrogens is 1540 g/mol. The summed E-state index contributed by atoms with van der Waals surface area (Å²) in [5, 5.41) is 58.6. The van der Waals surface area contributed by atoms with Crippen molar-refractivity contribution in [3.05, 3.63) is 279 Å². The summed E-state index contributed by atoms with van der Waals surface area (Å²) in [6, 6.07) is 29.1. The Morgan fingerprint density at radius 1 is 0.467 bits per heavy atom. The molecule has 15 aromatic rings. The maximum Gasteiger partial charge on any atom is 0.340 e. The molecule has 0 aliphatic carbocycles. The van der Waals surface area contributed by atoms with Crippen LogP contribution in [0.25, 0.3) is 65.4 Å². The quantitative estimate of drug-likeness (QED) is 0.0498. The SMILES string of the molecule is Cl.N#Cc1nn(Cc2cc(F)c3ncc(Cl)cc3c2)cc1C(=O)NCc1ccc2[nH]cc(Cl)c2c1F.N#Cc1nn(Cc2cc(F)c3ncc(Cl)cc3c2)cc1C(=O)NCc1ccc2[nH]cc(Cl)c2c1F.N#Cc1nn(Cc2cc(F)c3ncc(Cl)cc3c2)cc1C(=O)O.NCc1ccc2[nH]cc(Cl)c2c1F. The summed E-state index contributed by atoms with van der Waals surface area (Å²) in [5.41, 5.74) is 9.69. The minimum absolute atomic E-state index is 0. The number of carboxylic acids is 1. The monoisotopic (exact) mass is 1580 g/mol. The summed E-state index contributed by atoms with van der Waals surface area (Å²) in [7, 11) is 0. The van der Waals surface area contributed by atoms with Crippen molar-refractivity contribution in [1.82, 2.24) is 69.9 Å². The number of pyridine rings is 3. The van der Waals surface area contributed by atoms with E-state index in [0.717, 1.165) is 0 Å². The number of hydrogen-bond donors (Lipinski definition) is 7. The minimum atomic E-state index is -1.24. The summed E-state index contributed by atoms with van der Waals surface area (Å²) in [6.45, 7) is 0.242. The zero-order valence-electron chi connectivity index (χ0n) is 54.2. The van der Waals surface area contributed by atoms with E-state index in [1.54, 1.807) is 72.9 Å². The number of rotatable bonds is 14. The van der Waals surface area contributed by atoms with Gasteiger partial charge in [0, 0.05) is 125 Å². The van der Waals surface area contributed by atoms with Gasteiger partial charge in [-0.05, 0) is 89.5 Å². The number of aromatic amines is 3. The summed E-state index contributed by atoms with van der Waals surface area (Å²) >= 11 is 35.6. The van der Waals surface area contributed by atoms with Crippen LogP contribution in [0.15, 0.2) is 147 Å². The highest BCUT2D eigenvalue weighted by Crippen LogP contribution is 2.32. The van der Waals surface area contributed by atoms with E-state index < -0.39 is 46.9 Å². The Hall–Kier alpha value is -11.8. The fraction of sp³-hybridized carbons (Fsp3) is 0.0833. The van der Waals surface area contributed by atoms with Gasteiger partial charge >= 0.3 is 5.97 Å². The van der Waals surface area contributed by atoms with E-state index in [1.807, 2.05) is 12.1 Å². The highest BCUT2D eigenvalue weighted by atomic mass is 35.5. The molecule has 0 atom stereocenters. The van der Waals surface area contributed by atoms with Crippen LogP contribution in [0.1, 0.15) is 81.5 Å². The number of carbonyl (C=O) groups is 3. The molecule has 0 saturated heterocycles. The third-order valence-electron chi connectivity index (χ3n) is 16.2. The van der Waals surface area contributed by atoms with Gasteiger partial charge in [0.2, 0.25) is 0 Å². The van der Waals surface area contributed by atoms with E-state index >= 15 is 0 Å². The lowest BCUT2D eigenvalue weighted by molar-refractivity contribution is 0.0695. The molecule has 0 aliphatic heterocycles. The maximum atomic E-state index is 14.8. The van der Waals surface area contributed by atoms with Crippen molar-refractivity contribution in [2.24, 2.45) is 5.73 Å². The first-order valence-corrected chi connectivity index (χ1v) is 33.1. The third-order valence-corrected chi connectivity index (χ3v) is 17.7. The lowest BCUT2D eigenvalue weighted by atomic mass is 10.1. The molecule has 9 heterocycles. The van der Waals surface area contributed by atoms with Gasteiger partial charge in [-0.1, -0.05) is 87.8 Å². The molecule has 2 amide bonds. The Kier molecular flexibility index (Phi) is 23.4. The lowest BCUT2D eigenvalue weighted by Gasteiger charge is -2.07. The molecule has 8 N–H and O–H groups in total. The number of H-pyrrole nitrogens is 3. The molecule has 0 spiro atoms. The summed E-state index contributed by atoms with van der Waals surface area (Å²) in [6.07, 6.45) is 12.6. The number of carboxylic acid groups (broad SMARTS) is 1. The highest BCUT2D eigenvalue weighted by Gasteiger charge is 2.23. The first kappa shape index (κ1) is 76.4. The van der Waals surface area contributed by atoms with Crippen LogP contribution in [0.3, 0.4) is 0 Å². The predicted octanol–water partition coefficient (Wildman–Crippen LogP) is 16.4. The molecular formula is C72H45Cl7F6N18O4. The number of nitriles is 3. The molecule has 35 heteroatoms. The second-order valence-electron chi connectivity index (χ2n) is 23.2. The number of fused-ring (bicyclic) bond motifs is 6. The topological polar surface area (TPSA) is 332 Å². The van der Waals surface area contributed by atoms with Crippen LogP contribution in [0.5, 0.6) is 0 Å². The zero-order chi connectivity index (χ0) is 75.4. The fourth-order valence-electron chi connectivity index (χ4n) is 11.3. The number of nitrogens with zero attached hydrogens (tertiary/aromatic N) is 12. The molecule has 6 aromatic carbocycles. The molecule has 538 valence electrons. The molecule has 15 rings (SSSR count). The van der Waals surface area contributed by atoms with E-state index in [4.69, 9.17) is 85.7 Å². The zero-order valence-corrected chi connectivity index (χ0v) is 59.5. The van der Waals surface area contributed by atoms with Crippen molar-refractivity contribution in [2.45, 2.75) is 39.3 Å². The van der Waals surface area contributed by atoms with Gasteiger partial charge in [0.05, 0.1) is 77.1 Å². The number of aromatic nitrogens is 12. The van der Waals surface area contributed by atoms with E-state index in [-0.39, 0.29) is 140 Å². The Morgan fingerprint density at radius 3 is 1.08 bits per heavy atom. The average molecular weight is 1590 g/mol. The molecule has 0 unspecified atom stereocenters. The van der Waals surface area contributed by atoms with Crippen molar-refractivity contribution in [3.63, 3.8) is 0 Å². The van der Waals surface area contributed by atoms with Crippen LogP contribution in [-0.2, 0) is 39.3 Å². The number of nitrogens with one attached hydrogen (secondary N) is 5. The van der Waals surface area contributed by atoms with Crippen molar-refractivity contribution in [2.75, 3.05) is 0 Å². The summed E-state index contributed by atoms with van der Waals surface area (Å²) in [5.74, 6) is -5.43. The molecule has 0 fully saturated rings. The molecule has 0 bridgehead atoms. The molecule has 0 saturated carbocycles. The molecule has 9 aromatic heterocycles. The predicted molar refractivity (Wildman–Crippen MR) is 393 cm³/mol. The standard InChI is InChI=1S/2C24H14Cl2F2N6O.C15H8ClFN4O2.C9H8ClFN2.ClH/c2*25-15-5-14-3-12(4-18(27)23(14)31-8-15)10-34-11-16(20(6-29)33-34)24(35)32-7-13-1-2-19-21(22(13)28)17(26)9-30-19;16-10-3-9-1-8(2-12(17)14(9)19-5-10)6-21-7-11(15(22)23)13(4-18)20-21;10-6-4-13-7-2-1-5(3-12)9(11)8(6)7;/h2*1-5,8-9,11,30H,7,10H2,(H,32,35);1-3,5,7H,6H2,(H,22,23);1-2,4,13H,3,12H2;1H. The lowest BCUT2D eigenvalue weighted by Crippen LogP contribution is -2.23. The highest BCUT2D eigenvalue weighted by molar-refractivity contribution is 6.36. The first-order valence-electron chi connectivity index (χ1n) is 30.8. The van der Waals surface area contributed by atoms with Gasteiger partial charge in [0.25, 0.3) is 11.8 Å². The number of hydrogen-bond acceptors (Lipinski definition) is 13. The molecule has 22 nitrogen and oxygen atoms in total. The smallest absolute Gasteiger partial charge is 0.340 e. The van der Waals surface area contributed by atoms with E-state index in [9.17, 15) is 51.2 Å². The largest absolute Gasteiger partial charge is 0.478 e. The number of benzene rings is 6. The number of aromatic carboxylic acids is 1. The molecule has 0 radical (unpaired) electrons. The van der Waals surface area contributed by atoms with Gasteiger partial charge in [-0.3, -0.25) is 38.6 Å². The maximum absolute atomic E-state index is 14.8. The number of amides is 2. The normalized spacial score (nSPS) is 10.9. The second kappa shape index (κ2) is 32.7. The van der Waals surface area contributed by atoms with Crippen molar-refractivity contribution < 1.29 is 45.8 Å². The summed E-state index contributed by atoms with van der Waals surface area (Å²) < 4.78 is 90.2. The first-order chi connectivity index (χ1) is 50.9. The van der Waals surface area contributed by atoms with Crippen LogP contribution >= 0.6 is 82.0 Å². The van der Waals surface area contributed by atoms with Crippen LogP contribution < -0.4 is 16.4 Å². The number of nitrogens with two attached hydrogens (primary N) is 1. The Balaban J connectivity index is 0.000000149. The molecule has 107 heavy (non-hydrogen) atoms. The Bertz CT molecular complexity index is 5930. The van der Waals surface area contributed by atoms with E-state index in [0.29, 0.717) is 80.4 Å². The van der Waals surface area contributed by atoms with Crippen LogP contribution in [0, 0.1) is 68.9 Å². The van der Waals surface area contributed by atoms with Gasteiger partial charge in [-0.2, -0.15) is 31.1 Å². The van der Waals surface area contributed by atoms with Crippen LogP contribution in [0.4, 0.5) is 26.3 Å². The van der Waals surface area contributed by atoms with Gasteiger partial charge < -0.3 is 36.4 Å². The van der Waals surface area contributed by atoms with Crippen molar-refractivity contribution in [1.29, 1.82) is 15.8 Å². The Labute approximate surface area is 634 Å². The van der Waals surface area contributed by atoms with Crippen molar-refractivity contribution in [3.8, 4) is 18.2 Å². The minimum Gasteiger partial charge on any atom is -0.478 e. The number of halogens is 13. The third kappa shape index (κ3) is 16.7. The second-order valence-corrected chi connectivity index (χ2v) is 25.7. The number of carbonyl (C=O) groups excluding carboxylic acids is 2.